The smallest absolute Gasteiger partial charge is 0.306 e. The molecule has 1 unspecified atom stereocenters. The first-order valence-electron chi connectivity index (χ1n) is 36.1. The van der Waals surface area contributed by atoms with Crippen molar-refractivity contribution in [3.63, 3.8) is 0 Å². The molecule has 0 fully saturated rings. The van der Waals surface area contributed by atoms with Crippen LogP contribution in [0.4, 0.5) is 0 Å². The van der Waals surface area contributed by atoms with Crippen LogP contribution in [0.5, 0.6) is 0 Å². The molecule has 0 spiro atoms. The van der Waals surface area contributed by atoms with Gasteiger partial charge in [0.15, 0.2) is 6.10 Å². The zero-order valence-electron chi connectivity index (χ0n) is 54.8. The molecule has 0 aromatic rings. The van der Waals surface area contributed by atoms with E-state index in [9.17, 15) is 14.7 Å². The minimum atomic E-state index is -0.784. The second kappa shape index (κ2) is 72.3. The number of unbranched alkanes of at least 4 members (excludes halogenated alkanes) is 45. The number of carbonyl (C=O) groups excluding carboxylic acids is 2. The maximum Gasteiger partial charge on any atom is 0.306 e. The van der Waals surface area contributed by atoms with Gasteiger partial charge < -0.3 is 14.6 Å². The Balaban J connectivity index is 3.43. The molecular weight excluding hydrogens is 1000 g/mol. The highest BCUT2D eigenvalue weighted by atomic mass is 16.6. The molecule has 0 aliphatic carbocycles. The summed E-state index contributed by atoms with van der Waals surface area (Å²) in [4.78, 5) is 24.7. The molecule has 1 N–H and O–H groups in total. The van der Waals surface area contributed by atoms with Crippen LogP contribution < -0.4 is 0 Å². The number of hydrogen-bond acceptors (Lipinski definition) is 5. The van der Waals surface area contributed by atoms with Gasteiger partial charge in [-0.25, -0.2) is 0 Å². The van der Waals surface area contributed by atoms with Crippen LogP contribution in [0.15, 0.2) is 85.1 Å². The molecule has 82 heavy (non-hydrogen) atoms. The number of carbonyl (C=O) groups is 2. The number of rotatable bonds is 67. The molecular formula is C77H138O5. The van der Waals surface area contributed by atoms with Gasteiger partial charge in [0.2, 0.25) is 0 Å². The standard InChI is InChI=1S/C77H138O5/c1-3-5-7-9-11-13-15-17-19-21-23-25-27-29-31-33-34-35-36-37-38-39-40-41-42-44-45-47-49-51-53-55-57-59-61-63-65-67-69-71-76(79)81-74-75(73-78)82-77(80)72-70-68-66-64-62-60-58-56-54-52-50-48-46-43-32-30-28-26-24-22-20-18-16-14-12-10-8-6-4-2/h6,8,12,14,18,20,24,26,30,32,46,48,52,54,75,78H,3-5,7,9-11,13,15-17,19,21-23,25,27-29,31,33-45,47,49-51,53,55-74H2,1-2H3/b8-6-,14-12-,20-18-,26-24-,32-30-,48-46-,54-52-. The van der Waals surface area contributed by atoms with Gasteiger partial charge >= 0.3 is 11.9 Å². The van der Waals surface area contributed by atoms with E-state index in [1.807, 2.05) is 0 Å². The normalized spacial score (nSPS) is 12.7. The van der Waals surface area contributed by atoms with Crippen LogP contribution in [0, 0.1) is 0 Å². The first-order valence-corrected chi connectivity index (χ1v) is 36.1. The highest BCUT2D eigenvalue weighted by molar-refractivity contribution is 5.70. The molecule has 0 aliphatic heterocycles. The maximum atomic E-state index is 12.4. The molecule has 5 heteroatoms. The Kier molecular flexibility index (Phi) is 69.8. The van der Waals surface area contributed by atoms with Gasteiger partial charge in [-0.05, 0) is 70.6 Å². The molecule has 0 saturated carbocycles. The Morgan fingerprint density at radius 1 is 0.293 bits per heavy atom. The van der Waals surface area contributed by atoms with Gasteiger partial charge in [-0.3, -0.25) is 9.59 Å². The van der Waals surface area contributed by atoms with Gasteiger partial charge in [0.05, 0.1) is 6.61 Å². The number of hydrogen-bond donors (Lipinski definition) is 1. The van der Waals surface area contributed by atoms with Crippen LogP contribution in [-0.4, -0.2) is 36.4 Å². The van der Waals surface area contributed by atoms with E-state index in [4.69, 9.17) is 9.47 Å². The lowest BCUT2D eigenvalue weighted by Gasteiger charge is -2.15. The summed E-state index contributed by atoms with van der Waals surface area (Å²) in [5, 5.41) is 9.70. The van der Waals surface area contributed by atoms with Crippen molar-refractivity contribution < 1.29 is 24.2 Å². The van der Waals surface area contributed by atoms with E-state index in [0.29, 0.717) is 12.8 Å². The van der Waals surface area contributed by atoms with E-state index in [2.05, 4.69) is 98.9 Å². The summed E-state index contributed by atoms with van der Waals surface area (Å²) >= 11 is 0. The molecule has 0 radical (unpaired) electrons. The Hall–Kier alpha value is -2.92. The molecule has 0 aliphatic rings. The van der Waals surface area contributed by atoms with E-state index < -0.39 is 6.10 Å². The van der Waals surface area contributed by atoms with Crippen LogP contribution in [-0.2, 0) is 19.1 Å². The average Bonchev–Trinajstić information content (AvgIpc) is 3.49. The molecule has 476 valence electrons. The fraction of sp³-hybridized carbons (Fsp3) is 0.792. The molecule has 0 aromatic carbocycles. The Labute approximate surface area is 511 Å². The van der Waals surface area contributed by atoms with Crippen molar-refractivity contribution >= 4 is 11.9 Å². The van der Waals surface area contributed by atoms with Crippen molar-refractivity contribution in [2.24, 2.45) is 0 Å². The summed E-state index contributed by atoms with van der Waals surface area (Å²) < 4.78 is 10.8. The summed E-state index contributed by atoms with van der Waals surface area (Å²) in [5.74, 6) is -0.592. The van der Waals surface area contributed by atoms with Crippen molar-refractivity contribution in [2.75, 3.05) is 13.2 Å². The van der Waals surface area contributed by atoms with E-state index >= 15 is 0 Å². The predicted octanol–water partition coefficient (Wildman–Crippen LogP) is 25.2. The lowest BCUT2D eigenvalue weighted by molar-refractivity contribution is -0.161. The molecule has 0 aromatic heterocycles. The van der Waals surface area contributed by atoms with Gasteiger partial charge in [-0.1, -0.05) is 375 Å². The van der Waals surface area contributed by atoms with Crippen molar-refractivity contribution in [3.8, 4) is 0 Å². The summed E-state index contributed by atoms with van der Waals surface area (Å²) in [6.45, 7) is 4.06. The van der Waals surface area contributed by atoms with Gasteiger partial charge in [-0.15, -0.1) is 0 Å². The van der Waals surface area contributed by atoms with Gasteiger partial charge in [0, 0.05) is 12.8 Å². The summed E-state index contributed by atoms with van der Waals surface area (Å²) in [6.07, 6.45) is 102. The highest BCUT2D eigenvalue weighted by Crippen LogP contribution is 2.19. The summed E-state index contributed by atoms with van der Waals surface area (Å²) in [6, 6.07) is 0. The Morgan fingerprint density at radius 2 is 0.524 bits per heavy atom. The van der Waals surface area contributed by atoms with E-state index in [1.54, 1.807) is 0 Å². The lowest BCUT2D eigenvalue weighted by Crippen LogP contribution is -2.28. The van der Waals surface area contributed by atoms with Gasteiger partial charge in [0.1, 0.15) is 6.61 Å². The van der Waals surface area contributed by atoms with Gasteiger partial charge in [0.25, 0.3) is 0 Å². The van der Waals surface area contributed by atoms with Crippen LogP contribution in [0.25, 0.3) is 0 Å². The molecule has 0 bridgehead atoms. The average molecular weight is 1140 g/mol. The fourth-order valence-corrected chi connectivity index (χ4v) is 10.8. The minimum absolute atomic E-state index is 0.0709. The first kappa shape index (κ1) is 79.1. The first-order chi connectivity index (χ1) is 40.6. The molecule has 0 amide bonds. The highest BCUT2D eigenvalue weighted by Gasteiger charge is 2.16. The molecule has 0 heterocycles. The van der Waals surface area contributed by atoms with Crippen molar-refractivity contribution in [1.29, 1.82) is 0 Å². The Morgan fingerprint density at radius 3 is 0.793 bits per heavy atom. The topological polar surface area (TPSA) is 72.8 Å². The number of ether oxygens (including phenoxy) is 2. The van der Waals surface area contributed by atoms with Crippen LogP contribution in [0.2, 0.25) is 0 Å². The second-order valence-electron chi connectivity index (χ2n) is 24.3. The van der Waals surface area contributed by atoms with Crippen LogP contribution in [0.1, 0.15) is 373 Å². The van der Waals surface area contributed by atoms with Crippen molar-refractivity contribution in [2.45, 2.75) is 380 Å². The number of aliphatic hydroxyl groups excluding tert-OH is 1. The molecule has 0 rings (SSSR count). The summed E-state index contributed by atoms with van der Waals surface area (Å²) in [5.41, 5.74) is 0. The summed E-state index contributed by atoms with van der Waals surface area (Å²) in [7, 11) is 0. The Bertz CT molecular complexity index is 1480. The van der Waals surface area contributed by atoms with E-state index in [-0.39, 0.29) is 25.2 Å². The van der Waals surface area contributed by atoms with E-state index in [0.717, 1.165) is 89.9 Å². The van der Waals surface area contributed by atoms with Crippen molar-refractivity contribution in [1.82, 2.24) is 0 Å². The number of aliphatic hydroxyl groups is 1. The molecule has 0 saturated heterocycles. The number of esters is 2. The zero-order chi connectivity index (χ0) is 59.1. The third kappa shape index (κ3) is 69.6. The quantitative estimate of drug-likeness (QED) is 0.0373. The van der Waals surface area contributed by atoms with Crippen LogP contribution in [0.3, 0.4) is 0 Å². The second-order valence-corrected chi connectivity index (χ2v) is 24.3. The van der Waals surface area contributed by atoms with Gasteiger partial charge in [-0.2, -0.15) is 0 Å². The zero-order valence-corrected chi connectivity index (χ0v) is 54.8. The monoisotopic (exact) mass is 1140 g/mol. The third-order valence-electron chi connectivity index (χ3n) is 16.2. The molecule has 5 nitrogen and oxygen atoms in total. The predicted molar refractivity (Wildman–Crippen MR) is 362 cm³/mol. The fourth-order valence-electron chi connectivity index (χ4n) is 10.8. The van der Waals surface area contributed by atoms with Crippen LogP contribution >= 0.6 is 0 Å². The largest absolute Gasteiger partial charge is 0.462 e. The van der Waals surface area contributed by atoms with Crippen molar-refractivity contribution in [3.05, 3.63) is 85.1 Å². The van der Waals surface area contributed by atoms with E-state index in [1.165, 1.54) is 257 Å². The SMILES string of the molecule is CC/C=C\C/C=C\C/C=C\C/C=C\C/C=C\C/C=C\C/C=C\CCCCCCCCCC(=O)OC(CO)COC(=O)CCCCCCCCCCCCCCCCCCCCCCCCCCCCCCCCCCCCCCCCC. The lowest BCUT2D eigenvalue weighted by atomic mass is 10.0. The maximum absolute atomic E-state index is 12.4. The number of allylic oxidation sites excluding steroid dienone is 14. The molecule has 1 atom stereocenters. The third-order valence-corrected chi connectivity index (χ3v) is 16.2. The minimum Gasteiger partial charge on any atom is -0.462 e.